The first kappa shape index (κ1) is 17.3. The predicted molar refractivity (Wildman–Crippen MR) is 96.9 cm³/mol. The lowest BCUT2D eigenvalue weighted by Crippen LogP contribution is -2.14. The molecule has 0 aliphatic carbocycles. The van der Waals surface area contributed by atoms with Crippen molar-refractivity contribution in [3.8, 4) is 0 Å². The summed E-state index contributed by atoms with van der Waals surface area (Å²) in [5.74, 6) is -0.916. The molecule has 3 rings (SSSR count). The number of carbonyl (C=O) groups is 2. The van der Waals surface area contributed by atoms with Crippen molar-refractivity contribution in [3.63, 3.8) is 0 Å². The van der Waals surface area contributed by atoms with Crippen molar-refractivity contribution >= 4 is 38.8 Å². The van der Waals surface area contributed by atoms with Gasteiger partial charge in [-0.3, -0.25) is 9.59 Å². The largest absolute Gasteiger partial charge is 0.380 e. The molecule has 25 heavy (non-hydrogen) atoms. The van der Waals surface area contributed by atoms with Crippen LogP contribution in [0.4, 0.5) is 10.1 Å². The summed E-state index contributed by atoms with van der Waals surface area (Å²) in [5, 5.41) is 3.16. The number of carbonyl (C=O) groups excluding carboxylic acids is 2. The molecule has 128 valence electrons. The van der Waals surface area contributed by atoms with E-state index in [4.69, 9.17) is 4.74 Å². The molecule has 1 heterocycles. The van der Waals surface area contributed by atoms with Gasteiger partial charge in [-0.1, -0.05) is 18.2 Å². The SMILES string of the molecule is COCc1c(C(=O)Nc2ccccc2C(C)=O)sc2cccc(F)c12. The predicted octanol–water partition coefficient (Wildman–Crippen LogP) is 4.64. The Hall–Kier alpha value is -2.57. The molecule has 0 atom stereocenters. The Morgan fingerprint density at radius 2 is 1.92 bits per heavy atom. The molecule has 0 bridgehead atoms. The highest BCUT2D eigenvalue weighted by molar-refractivity contribution is 7.21. The molecule has 0 aliphatic heterocycles. The zero-order chi connectivity index (χ0) is 18.0. The summed E-state index contributed by atoms with van der Waals surface area (Å²) in [6.45, 7) is 1.56. The highest BCUT2D eigenvalue weighted by atomic mass is 32.1. The zero-order valence-corrected chi connectivity index (χ0v) is 14.6. The van der Waals surface area contributed by atoms with Crippen molar-refractivity contribution in [2.24, 2.45) is 0 Å². The molecular weight excluding hydrogens is 341 g/mol. The van der Waals surface area contributed by atoms with E-state index in [2.05, 4.69) is 5.32 Å². The smallest absolute Gasteiger partial charge is 0.266 e. The van der Waals surface area contributed by atoms with Gasteiger partial charge in [-0.05, 0) is 31.2 Å². The van der Waals surface area contributed by atoms with Crippen LogP contribution >= 0.6 is 11.3 Å². The molecule has 0 saturated carbocycles. The first-order valence-corrected chi connectivity index (χ1v) is 8.44. The second kappa shape index (κ2) is 7.13. The Morgan fingerprint density at radius 1 is 1.16 bits per heavy atom. The highest BCUT2D eigenvalue weighted by Crippen LogP contribution is 2.34. The summed E-state index contributed by atoms with van der Waals surface area (Å²) in [6.07, 6.45) is 0. The van der Waals surface area contributed by atoms with Gasteiger partial charge >= 0.3 is 0 Å². The summed E-state index contributed by atoms with van der Waals surface area (Å²) in [4.78, 5) is 24.9. The number of ether oxygens (including phenoxy) is 1. The van der Waals surface area contributed by atoms with Crippen LogP contribution in [0.5, 0.6) is 0 Å². The lowest BCUT2D eigenvalue weighted by Gasteiger charge is -2.09. The molecule has 0 unspecified atom stereocenters. The lowest BCUT2D eigenvalue weighted by molar-refractivity contribution is 0.101. The van der Waals surface area contributed by atoms with Crippen LogP contribution in [0.25, 0.3) is 10.1 Å². The van der Waals surface area contributed by atoms with E-state index in [1.54, 1.807) is 36.4 Å². The molecule has 0 aliphatic rings. The van der Waals surface area contributed by atoms with Crippen LogP contribution in [0.1, 0.15) is 32.5 Å². The molecule has 0 radical (unpaired) electrons. The molecule has 0 fully saturated rings. The van der Waals surface area contributed by atoms with E-state index >= 15 is 0 Å². The second-order valence-electron chi connectivity index (χ2n) is 5.51. The maximum atomic E-state index is 14.2. The minimum atomic E-state index is -0.388. The number of hydrogen-bond acceptors (Lipinski definition) is 4. The molecule has 1 amide bonds. The monoisotopic (exact) mass is 357 g/mol. The van der Waals surface area contributed by atoms with Crippen molar-refractivity contribution < 1.29 is 18.7 Å². The first-order valence-electron chi connectivity index (χ1n) is 7.63. The van der Waals surface area contributed by atoms with Gasteiger partial charge in [0.05, 0.1) is 17.2 Å². The number of fused-ring (bicyclic) bond motifs is 1. The second-order valence-corrected chi connectivity index (χ2v) is 6.56. The maximum absolute atomic E-state index is 14.2. The molecule has 1 aromatic heterocycles. The number of rotatable bonds is 5. The van der Waals surface area contributed by atoms with Gasteiger partial charge in [0.25, 0.3) is 5.91 Å². The van der Waals surface area contributed by atoms with Gasteiger partial charge in [0.15, 0.2) is 5.78 Å². The third kappa shape index (κ3) is 3.31. The van der Waals surface area contributed by atoms with Gasteiger partial charge in [0, 0.05) is 28.3 Å². The number of Topliss-reactive ketones (excluding diaryl/α,β-unsaturated/α-hetero) is 1. The molecule has 1 N–H and O–H groups in total. The third-order valence-corrected chi connectivity index (χ3v) is 5.01. The molecular formula is C19H16FNO3S. The van der Waals surface area contributed by atoms with E-state index < -0.39 is 0 Å². The Bertz CT molecular complexity index is 964. The maximum Gasteiger partial charge on any atom is 0.266 e. The number of methoxy groups -OCH3 is 1. The summed E-state index contributed by atoms with van der Waals surface area (Å²) >= 11 is 1.20. The number of anilines is 1. The number of para-hydroxylation sites is 1. The van der Waals surface area contributed by atoms with Gasteiger partial charge < -0.3 is 10.1 Å². The van der Waals surface area contributed by atoms with Crippen molar-refractivity contribution in [3.05, 3.63) is 64.3 Å². The number of hydrogen-bond donors (Lipinski definition) is 1. The van der Waals surface area contributed by atoms with Crippen molar-refractivity contribution in [1.29, 1.82) is 0 Å². The fourth-order valence-electron chi connectivity index (χ4n) is 2.71. The Morgan fingerprint density at radius 3 is 2.64 bits per heavy atom. The van der Waals surface area contributed by atoms with E-state index in [1.165, 1.54) is 31.4 Å². The van der Waals surface area contributed by atoms with Crippen LogP contribution in [-0.2, 0) is 11.3 Å². The Balaban J connectivity index is 2.05. The quantitative estimate of drug-likeness (QED) is 0.677. The van der Waals surface area contributed by atoms with Gasteiger partial charge in [-0.2, -0.15) is 0 Å². The van der Waals surface area contributed by atoms with E-state index in [1.807, 2.05) is 0 Å². The van der Waals surface area contributed by atoms with E-state index in [0.29, 0.717) is 31.8 Å². The lowest BCUT2D eigenvalue weighted by atomic mass is 10.1. The minimum Gasteiger partial charge on any atom is -0.380 e. The Kier molecular flexibility index (Phi) is 4.92. The molecule has 4 nitrogen and oxygen atoms in total. The van der Waals surface area contributed by atoms with E-state index in [0.717, 1.165) is 0 Å². The van der Waals surface area contributed by atoms with Gasteiger partial charge in [0.1, 0.15) is 5.82 Å². The van der Waals surface area contributed by atoms with Gasteiger partial charge in [-0.25, -0.2) is 4.39 Å². The fourth-order valence-corrected chi connectivity index (χ4v) is 3.83. The van der Waals surface area contributed by atoms with E-state index in [9.17, 15) is 14.0 Å². The van der Waals surface area contributed by atoms with Crippen LogP contribution < -0.4 is 5.32 Å². The normalized spacial score (nSPS) is 10.8. The van der Waals surface area contributed by atoms with Crippen LogP contribution in [0.2, 0.25) is 0 Å². The average Bonchev–Trinajstić information content (AvgIpc) is 2.95. The average molecular weight is 357 g/mol. The van der Waals surface area contributed by atoms with Gasteiger partial charge in [-0.15, -0.1) is 11.3 Å². The van der Waals surface area contributed by atoms with Gasteiger partial charge in [0.2, 0.25) is 0 Å². The number of nitrogens with one attached hydrogen (secondary N) is 1. The summed E-state index contributed by atoms with van der Waals surface area (Å²) < 4.78 is 20.1. The highest BCUT2D eigenvalue weighted by Gasteiger charge is 2.21. The molecule has 2 aromatic carbocycles. The van der Waals surface area contributed by atoms with Crippen LogP contribution in [0.15, 0.2) is 42.5 Å². The summed E-state index contributed by atoms with van der Waals surface area (Å²) in [7, 11) is 1.50. The number of thiophene rings is 1. The molecule has 0 saturated heterocycles. The van der Waals surface area contributed by atoms with Crippen molar-refractivity contribution in [2.75, 3.05) is 12.4 Å². The standard InChI is InChI=1S/C19H16FNO3S/c1-11(22)12-6-3-4-8-15(12)21-19(23)18-13(10-24-2)17-14(20)7-5-9-16(17)25-18/h3-9H,10H2,1-2H3,(H,21,23). The summed E-state index contributed by atoms with van der Waals surface area (Å²) in [6, 6.07) is 11.5. The van der Waals surface area contributed by atoms with E-state index in [-0.39, 0.29) is 24.1 Å². The minimum absolute atomic E-state index is 0.123. The molecule has 0 spiro atoms. The van der Waals surface area contributed by atoms with Crippen molar-refractivity contribution in [2.45, 2.75) is 13.5 Å². The number of ketones is 1. The fraction of sp³-hybridized carbons (Fsp3) is 0.158. The topological polar surface area (TPSA) is 55.4 Å². The molecule has 6 heteroatoms. The van der Waals surface area contributed by atoms with Crippen LogP contribution in [0, 0.1) is 5.82 Å². The Labute approximate surface area is 148 Å². The molecule has 3 aromatic rings. The third-order valence-electron chi connectivity index (χ3n) is 3.81. The zero-order valence-electron chi connectivity index (χ0n) is 13.8. The number of benzene rings is 2. The first-order chi connectivity index (χ1) is 12.0. The van der Waals surface area contributed by atoms with Crippen molar-refractivity contribution in [1.82, 2.24) is 0 Å². The number of amides is 1. The van der Waals surface area contributed by atoms with Crippen LogP contribution in [-0.4, -0.2) is 18.8 Å². The summed E-state index contributed by atoms with van der Waals surface area (Å²) in [5.41, 5.74) is 1.37. The number of halogens is 1. The van der Waals surface area contributed by atoms with Crippen LogP contribution in [0.3, 0.4) is 0 Å².